The van der Waals surface area contributed by atoms with Crippen LogP contribution in [0.15, 0.2) is 0 Å². The normalized spacial score (nSPS) is 18.9. The molecule has 1 aliphatic rings. The Morgan fingerprint density at radius 2 is 1.93 bits per heavy atom. The number of primary amides is 1. The molecule has 1 aliphatic carbocycles. The number of nitrogens with zero attached hydrogens (tertiary/aromatic N) is 1. The fourth-order valence-electron chi connectivity index (χ4n) is 2.03. The monoisotopic (exact) mass is 209 g/mol. The van der Waals surface area contributed by atoms with Crippen molar-refractivity contribution in [1.82, 2.24) is 5.32 Å². The minimum absolute atomic E-state index is 0.0755. The van der Waals surface area contributed by atoms with E-state index in [1.54, 1.807) is 0 Å². The highest BCUT2D eigenvalue weighted by Crippen LogP contribution is 2.36. The van der Waals surface area contributed by atoms with Gasteiger partial charge in [-0.15, -0.1) is 0 Å². The van der Waals surface area contributed by atoms with Crippen molar-refractivity contribution < 1.29 is 9.59 Å². The number of rotatable bonds is 3. The maximum Gasteiger partial charge on any atom is 0.236 e. The molecule has 1 fully saturated rings. The summed E-state index contributed by atoms with van der Waals surface area (Å²) >= 11 is 0. The Bertz CT molecular complexity index is 300. The second kappa shape index (κ2) is 4.78. The van der Waals surface area contributed by atoms with Gasteiger partial charge in [0.15, 0.2) is 0 Å². The number of hydrogen-bond acceptors (Lipinski definition) is 3. The number of nitrogens with one attached hydrogen (secondary N) is 1. The summed E-state index contributed by atoms with van der Waals surface area (Å²) in [6.45, 7) is -0.0755. The smallest absolute Gasteiger partial charge is 0.236 e. The summed E-state index contributed by atoms with van der Waals surface area (Å²) in [6, 6.07) is 1.81. The van der Waals surface area contributed by atoms with E-state index in [4.69, 9.17) is 11.0 Å². The first-order chi connectivity index (χ1) is 7.13. The molecule has 0 heterocycles. The molecule has 0 aromatic carbocycles. The van der Waals surface area contributed by atoms with Gasteiger partial charge >= 0.3 is 0 Å². The summed E-state index contributed by atoms with van der Waals surface area (Å²) < 4.78 is 0. The van der Waals surface area contributed by atoms with Gasteiger partial charge in [0.05, 0.1) is 6.07 Å². The second-order valence-corrected chi connectivity index (χ2v) is 3.85. The standard InChI is InChI=1S/C10H15N3O2/c11-6-7-13-9(15)10(8(12)14)4-2-1-3-5-10/h1-5,7H2,(H2,12,14)(H,13,15). The molecule has 5 nitrogen and oxygen atoms in total. The van der Waals surface area contributed by atoms with Crippen LogP contribution in [0.2, 0.25) is 0 Å². The topological polar surface area (TPSA) is 96.0 Å². The van der Waals surface area contributed by atoms with Crippen LogP contribution in [0.5, 0.6) is 0 Å². The lowest BCUT2D eigenvalue weighted by Gasteiger charge is -2.32. The second-order valence-electron chi connectivity index (χ2n) is 3.85. The first-order valence-electron chi connectivity index (χ1n) is 5.08. The zero-order valence-electron chi connectivity index (χ0n) is 8.58. The van der Waals surface area contributed by atoms with Crippen LogP contribution in [0.1, 0.15) is 32.1 Å². The van der Waals surface area contributed by atoms with Gasteiger partial charge in [-0.2, -0.15) is 5.26 Å². The molecule has 0 aromatic heterocycles. The lowest BCUT2D eigenvalue weighted by Crippen LogP contribution is -2.50. The molecular weight excluding hydrogens is 194 g/mol. The summed E-state index contributed by atoms with van der Waals surface area (Å²) in [6.07, 6.45) is 3.70. The zero-order chi connectivity index (χ0) is 11.3. The minimum Gasteiger partial charge on any atom is -0.369 e. The average molecular weight is 209 g/mol. The summed E-state index contributed by atoms with van der Waals surface area (Å²) in [4.78, 5) is 23.1. The van der Waals surface area contributed by atoms with Crippen molar-refractivity contribution in [1.29, 1.82) is 5.26 Å². The maximum atomic E-state index is 11.8. The Morgan fingerprint density at radius 3 is 2.40 bits per heavy atom. The first-order valence-corrected chi connectivity index (χ1v) is 5.08. The highest BCUT2D eigenvalue weighted by molar-refractivity contribution is 6.04. The third-order valence-corrected chi connectivity index (χ3v) is 2.94. The number of nitrogens with two attached hydrogens (primary N) is 1. The minimum atomic E-state index is -1.07. The number of carbonyl (C=O) groups is 2. The highest BCUT2D eigenvalue weighted by Gasteiger charge is 2.44. The van der Waals surface area contributed by atoms with Gasteiger partial charge in [-0.1, -0.05) is 19.3 Å². The molecule has 0 spiro atoms. The Balaban J connectivity index is 2.76. The van der Waals surface area contributed by atoms with Crippen molar-refractivity contribution in [2.45, 2.75) is 32.1 Å². The van der Waals surface area contributed by atoms with Crippen molar-refractivity contribution in [3.05, 3.63) is 0 Å². The average Bonchev–Trinajstić information content (AvgIpc) is 2.26. The molecule has 2 amide bonds. The fraction of sp³-hybridized carbons (Fsp3) is 0.700. The van der Waals surface area contributed by atoms with E-state index in [0.29, 0.717) is 12.8 Å². The molecule has 15 heavy (non-hydrogen) atoms. The van der Waals surface area contributed by atoms with Gasteiger partial charge in [0.25, 0.3) is 0 Å². The first kappa shape index (κ1) is 11.5. The Kier molecular flexibility index (Phi) is 3.67. The Hall–Kier alpha value is -1.57. The van der Waals surface area contributed by atoms with Crippen LogP contribution in [0.3, 0.4) is 0 Å². The van der Waals surface area contributed by atoms with E-state index >= 15 is 0 Å². The zero-order valence-corrected chi connectivity index (χ0v) is 8.58. The molecule has 0 saturated heterocycles. The van der Waals surface area contributed by atoms with Crippen LogP contribution < -0.4 is 11.1 Å². The van der Waals surface area contributed by atoms with Gasteiger partial charge in [-0.3, -0.25) is 9.59 Å². The van der Waals surface area contributed by atoms with Crippen LogP contribution in [-0.4, -0.2) is 18.4 Å². The van der Waals surface area contributed by atoms with Crippen molar-refractivity contribution in [2.24, 2.45) is 11.1 Å². The lowest BCUT2D eigenvalue weighted by molar-refractivity contribution is -0.143. The molecule has 5 heteroatoms. The Morgan fingerprint density at radius 1 is 1.33 bits per heavy atom. The van der Waals surface area contributed by atoms with Gasteiger partial charge < -0.3 is 11.1 Å². The van der Waals surface area contributed by atoms with Crippen LogP contribution in [0.4, 0.5) is 0 Å². The number of nitriles is 1. The molecule has 3 N–H and O–H groups in total. The summed E-state index contributed by atoms with van der Waals surface area (Å²) in [7, 11) is 0. The quantitative estimate of drug-likeness (QED) is 0.508. The molecule has 0 aromatic rings. The van der Waals surface area contributed by atoms with E-state index in [1.807, 2.05) is 6.07 Å². The van der Waals surface area contributed by atoms with Crippen molar-refractivity contribution in [3.8, 4) is 6.07 Å². The van der Waals surface area contributed by atoms with Crippen LogP contribution in [0.25, 0.3) is 0 Å². The number of amides is 2. The van der Waals surface area contributed by atoms with E-state index in [9.17, 15) is 9.59 Å². The number of carbonyl (C=O) groups excluding carboxylic acids is 2. The van der Waals surface area contributed by atoms with E-state index in [2.05, 4.69) is 5.32 Å². The van der Waals surface area contributed by atoms with E-state index in [-0.39, 0.29) is 6.54 Å². The Labute approximate surface area is 88.6 Å². The van der Waals surface area contributed by atoms with Crippen molar-refractivity contribution >= 4 is 11.8 Å². The van der Waals surface area contributed by atoms with Crippen LogP contribution >= 0.6 is 0 Å². The van der Waals surface area contributed by atoms with E-state index in [0.717, 1.165) is 19.3 Å². The molecule has 0 bridgehead atoms. The van der Waals surface area contributed by atoms with Gasteiger partial charge in [0.2, 0.25) is 11.8 Å². The van der Waals surface area contributed by atoms with Gasteiger partial charge in [-0.05, 0) is 12.8 Å². The SMILES string of the molecule is N#CCNC(=O)C1(C(N)=O)CCCCC1. The highest BCUT2D eigenvalue weighted by atomic mass is 16.2. The largest absolute Gasteiger partial charge is 0.369 e. The van der Waals surface area contributed by atoms with Gasteiger partial charge in [-0.25, -0.2) is 0 Å². The third-order valence-electron chi connectivity index (χ3n) is 2.94. The molecule has 1 rings (SSSR count). The van der Waals surface area contributed by atoms with Crippen LogP contribution in [-0.2, 0) is 9.59 Å². The molecule has 1 saturated carbocycles. The van der Waals surface area contributed by atoms with Crippen molar-refractivity contribution in [3.63, 3.8) is 0 Å². The van der Waals surface area contributed by atoms with Gasteiger partial charge in [0, 0.05) is 0 Å². The maximum absolute atomic E-state index is 11.8. The van der Waals surface area contributed by atoms with Gasteiger partial charge in [0.1, 0.15) is 12.0 Å². The molecule has 0 radical (unpaired) electrons. The number of hydrogen-bond donors (Lipinski definition) is 2. The summed E-state index contributed by atoms with van der Waals surface area (Å²) in [5.74, 6) is -0.964. The summed E-state index contributed by atoms with van der Waals surface area (Å²) in [5, 5.41) is 10.8. The third kappa shape index (κ3) is 2.27. The molecule has 0 unspecified atom stereocenters. The molecule has 82 valence electrons. The van der Waals surface area contributed by atoms with Crippen molar-refractivity contribution in [2.75, 3.05) is 6.54 Å². The molecule has 0 atom stereocenters. The molecular formula is C10H15N3O2. The summed E-state index contributed by atoms with van der Waals surface area (Å²) in [5.41, 5.74) is 4.22. The van der Waals surface area contributed by atoms with Crippen LogP contribution in [0, 0.1) is 16.7 Å². The van der Waals surface area contributed by atoms with E-state index in [1.165, 1.54) is 0 Å². The fourth-order valence-corrected chi connectivity index (χ4v) is 2.03. The molecule has 0 aliphatic heterocycles. The lowest BCUT2D eigenvalue weighted by atomic mass is 9.72. The van der Waals surface area contributed by atoms with E-state index < -0.39 is 17.2 Å². The predicted molar refractivity (Wildman–Crippen MR) is 53.3 cm³/mol. The predicted octanol–water partition coefficient (Wildman–Crippen LogP) is 0.0620.